The van der Waals surface area contributed by atoms with Gasteiger partial charge in [0.15, 0.2) is 4.90 Å². The van der Waals surface area contributed by atoms with Crippen molar-refractivity contribution in [3.05, 3.63) is 46.0 Å². The lowest BCUT2D eigenvalue weighted by molar-refractivity contribution is 0.0956. The van der Waals surface area contributed by atoms with Gasteiger partial charge in [-0.15, -0.1) is 16.4 Å². The van der Waals surface area contributed by atoms with E-state index in [1.165, 1.54) is 11.3 Å². The lowest BCUT2D eigenvalue weighted by Gasteiger charge is -2.14. The summed E-state index contributed by atoms with van der Waals surface area (Å²) in [6.07, 6.45) is 5.74. The Bertz CT molecular complexity index is 999. The molecular weight excluding hydrogens is 380 g/mol. The highest BCUT2D eigenvalue weighted by atomic mass is 32.2. The number of carbonyl (C=O) groups is 1. The van der Waals surface area contributed by atoms with Crippen molar-refractivity contribution in [3.63, 3.8) is 0 Å². The third-order valence-corrected chi connectivity index (χ3v) is 6.87. The minimum absolute atomic E-state index is 0.205. The second-order valence-electron chi connectivity index (χ2n) is 6.64. The van der Waals surface area contributed by atoms with Crippen LogP contribution in [0.4, 0.5) is 5.69 Å². The number of aryl methyl sites for hydroxylation is 2. The van der Waals surface area contributed by atoms with E-state index in [0.29, 0.717) is 17.1 Å². The average molecular weight is 401 g/mol. The third kappa shape index (κ3) is 3.52. The first-order valence-corrected chi connectivity index (χ1v) is 11.2. The first-order chi connectivity index (χ1) is 13.0. The fraction of sp³-hybridized carbons (Fsp3) is 0.316. The van der Waals surface area contributed by atoms with Gasteiger partial charge in [0.05, 0.1) is 11.4 Å². The first-order valence-electron chi connectivity index (χ1n) is 8.81. The molecule has 3 N–H and O–H groups in total. The van der Waals surface area contributed by atoms with Crippen LogP contribution in [0.25, 0.3) is 10.2 Å². The van der Waals surface area contributed by atoms with Crippen molar-refractivity contribution in [1.82, 2.24) is 15.5 Å². The minimum atomic E-state index is -1.01. The van der Waals surface area contributed by atoms with Gasteiger partial charge in [-0.3, -0.25) is 4.79 Å². The zero-order valence-corrected chi connectivity index (χ0v) is 16.6. The Morgan fingerprint density at radius 1 is 1.26 bits per heavy atom. The van der Waals surface area contributed by atoms with Gasteiger partial charge in [0.25, 0.3) is 5.91 Å². The summed E-state index contributed by atoms with van der Waals surface area (Å²) in [5, 5.41) is 12.4. The van der Waals surface area contributed by atoms with Gasteiger partial charge in [-0.25, -0.2) is 0 Å². The Kier molecular flexibility index (Phi) is 5.03. The SMILES string of the molecule is C[S+]([O-])c1ccc(CNC(=O)c2sc3nnc4c(c3c2N)CCCC4)cc1. The number of carbonyl (C=O) groups excluding carboxylic acids is 1. The van der Waals surface area contributed by atoms with Gasteiger partial charge in [-0.1, -0.05) is 12.1 Å². The maximum Gasteiger partial charge on any atom is 0.263 e. The molecule has 8 heteroatoms. The predicted molar refractivity (Wildman–Crippen MR) is 108 cm³/mol. The molecule has 3 aromatic rings. The summed E-state index contributed by atoms with van der Waals surface area (Å²) in [5.74, 6) is -0.205. The molecule has 0 bridgehead atoms. The molecule has 140 valence electrons. The van der Waals surface area contributed by atoms with Crippen molar-refractivity contribution >= 4 is 44.3 Å². The van der Waals surface area contributed by atoms with Crippen LogP contribution in [-0.2, 0) is 30.6 Å². The van der Waals surface area contributed by atoms with E-state index in [9.17, 15) is 9.35 Å². The summed E-state index contributed by atoms with van der Waals surface area (Å²) in [6.45, 7) is 0.382. The lowest BCUT2D eigenvalue weighted by Crippen LogP contribution is -2.22. The number of nitrogens with one attached hydrogen (secondary N) is 1. The molecule has 0 spiro atoms. The van der Waals surface area contributed by atoms with E-state index in [1.807, 2.05) is 24.3 Å². The average Bonchev–Trinajstić information content (AvgIpc) is 3.03. The highest BCUT2D eigenvalue weighted by Gasteiger charge is 2.23. The Balaban J connectivity index is 1.55. The Labute approximate surface area is 164 Å². The largest absolute Gasteiger partial charge is 0.612 e. The van der Waals surface area contributed by atoms with Gasteiger partial charge in [-0.05, 0) is 60.1 Å². The number of hydrogen-bond donors (Lipinski definition) is 2. The Morgan fingerprint density at radius 3 is 2.74 bits per heavy atom. The molecule has 4 rings (SSSR count). The number of nitrogens with two attached hydrogens (primary N) is 1. The predicted octanol–water partition coefficient (Wildman–Crippen LogP) is 2.82. The molecule has 0 aliphatic heterocycles. The Hall–Kier alpha value is -2.16. The summed E-state index contributed by atoms with van der Waals surface area (Å²) in [5.41, 5.74) is 9.95. The molecule has 2 heterocycles. The minimum Gasteiger partial charge on any atom is -0.612 e. The summed E-state index contributed by atoms with van der Waals surface area (Å²) in [6, 6.07) is 7.36. The quantitative estimate of drug-likeness (QED) is 0.656. The summed E-state index contributed by atoms with van der Waals surface area (Å²) in [7, 11) is 0. The van der Waals surface area contributed by atoms with E-state index in [2.05, 4.69) is 15.5 Å². The Morgan fingerprint density at radius 2 is 2.00 bits per heavy atom. The molecule has 1 aromatic carbocycles. The summed E-state index contributed by atoms with van der Waals surface area (Å²) >= 11 is 0.287. The molecule has 0 saturated heterocycles. The molecule has 0 fully saturated rings. The monoisotopic (exact) mass is 400 g/mol. The van der Waals surface area contributed by atoms with E-state index < -0.39 is 11.2 Å². The third-order valence-electron chi connectivity index (χ3n) is 4.84. The fourth-order valence-corrected chi connectivity index (χ4v) is 4.90. The maximum absolute atomic E-state index is 12.7. The zero-order valence-electron chi connectivity index (χ0n) is 14.9. The number of aromatic nitrogens is 2. The number of thiophene rings is 1. The number of amides is 1. The number of anilines is 1. The van der Waals surface area contributed by atoms with Crippen molar-refractivity contribution in [1.29, 1.82) is 0 Å². The molecule has 2 aromatic heterocycles. The van der Waals surface area contributed by atoms with Crippen LogP contribution in [0.2, 0.25) is 0 Å². The highest BCUT2D eigenvalue weighted by Crippen LogP contribution is 2.37. The number of benzene rings is 1. The smallest absolute Gasteiger partial charge is 0.263 e. The fourth-order valence-electron chi connectivity index (χ4n) is 3.40. The molecule has 1 atom stereocenters. The maximum atomic E-state index is 12.7. The van der Waals surface area contributed by atoms with E-state index in [0.717, 1.165) is 57.6 Å². The molecule has 1 aliphatic rings. The molecular formula is C19H20N4O2S2. The summed E-state index contributed by atoms with van der Waals surface area (Å²) < 4.78 is 11.5. The van der Waals surface area contributed by atoms with Gasteiger partial charge in [0.1, 0.15) is 16.0 Å². The van der Waals surface area contributed by atoms with Crippen molar-refractivity contribution in [2.75, 3.05) is 12.0 Å². The molecule has 1 aliphatic carbocycles. The van der Waals surface area contributed by atoms with Crippen molar-refractivity contribution in [2.45, 2.75) is 37.1 Å². The van der Waals surface area contributed by atoms with Crippen LogP contribution in [0.5, 0.6) is 0 Å². The number of nitrogens with zero attached hydrogens (tertiary/aromatic N) is 2. The number of rotatable bonds is 4. The van der Waals surface area contributed by atoms with Gasteiger partial charge >= 0.3 is 0 Å². The van der Waals surface area contributed by atoms with E-state index in [-0.39, 0.29) is 5.91 Å². The molecule has 27 heavy (non-hydrogen) atoms. The van der Waals surface area contributed by atoms with Crippen LogP contribution in [0, 0.1) is 0 Å². The number of hydrogen-bond acceptors (Lipinski definition) is 6. The lowest BCUT2D eigenvalue weighted by atomic mass is 9.94. The topological polar surface area (TPSA) is 104 Å². The molecule has 0 saturated carbocycles. The van der Waals surface area contributed by atoms with E-state index in [1.54, 1.807) is 6.26 Å². The molecule has 0 radical (unpaired) electrons. The van der Waals surface area contributed by atoms with Crippen LogP contribution in [0.3, 0.4) is 0 Å². The van der Waals surface area contributed by atoms with Gasteiger partial charge in [0, 0.05) is 11.9 Å². The van der Waals surface area contributed by atoms with Crippen LogP contribution in [0.1, 0.15) is 39.3 Å². The standard InChI is InChI=1S/C19H20N4O2S2/c1-27(25)12-8-6-11(7-9-12)10-21-18(24)17-16(20)15-13-4-2-3-5-14(13)22-23-19(15)26-17/h6-9H,2-5,10,20H2,1H3,(H,21,24). The molecule has 1 amide bonds. The van der Waals surface area contributed by atoms with E-state index >= 15 is 0 Å². The first kappa shape index (κ1) is 18.2. The van der Waals surface area contributed by atoms with Crippen LogP contribution in [-0.4, -0.2) is 26.9 Å². The van der Waals surface area contributed by atoms with Crippen LogP contribution >= 0.6 is 11.3 Å². The van der Waals surface area contributed by atoms with Gasteiger partial charge < -0.3 is 15.6 Å². The second kappa shape index (κ2) is 7.46. The van der Waals surface area contributed by atoms with Crippen LogP contribution < -0.4 is 11.1 Å². The second-order valence-corrected chi connectivity index (χ2v) is 9.02. The molecule has 1 unspecified atom stereocenters. The summed E-state index contributed by atoms with van der Waals surface area (Å²) in [4.78, 5) is 14.7. The number of fused-ring (bicyclic) bond motifs is 3. The molecule has 6 nitrogen and oxygen atoms in total. The van der Waals surface area contributed by atoms with Crippen molar-refractivity contribution < 1.29 is 9.35 Å². The zero-order chi connectivity index (χ0) is 19.0. The number of nitrogen functional groups attached to an aromatic ring is 1. The van der Waals surface area contributed by atoms with E-state index in [4.69, 9.17) is 5.73 Å². The van der Waals surface area contributed by atoms with Crippen molar-refractivity contribution in [2.24, 2.45) is 0 Å². The highest BCUT2D eigenvalue weighted by molar-refractivity contribution is 7.90. The van der Waals surface area contributed by atoms with Gasteiger partial charge in [-0.2, -0.15) is 5.10 Å². The van der Waals surface area contributed by atoms with Crippen molar-refractivity contribution in [3.8, 4) is 0 Å². The normalized spacial score (nSPS) is 14.7. The van der Waals surface area contributed by atoms with Gasteiger partial charge in [0.2, 0.25) is 0 Å². The van der Waals surface area contributed by atoms with Crippen LogP contribution in [0.15, 0.2) is 29.2 Å².